The SMILES string of the molecule is Cc1ccc([C@@H](C)NC(=O)CSc2nnc(C)n2N)cc1C. The molecular weight excluding hydrogens is 298 g/mol. The van der Waals surface area contributed by atoms with Gasteiger partial charge in [-0.3, -0.25) is 4.79 Å². The van der Waals surface area contributed by atoms with Crippen LogP contribution in [0.5, 0.6) is 0 Å². The number of rotatable bonds is 5. The number of amides is 1. The van der Waals surface area contributed by atoms with E-state index < -0.39 is 0 Å². The smallest absolute Gasteiger partial charge is 0.230 e. The predicted molar refractivity (Wildman–Crippen MR) is 88.1 cm³/mol. The summed E-state index contributed by atoms with van der Waals surface area (Å²) in [6.07, 6.45) is 0. The van der Waals surface area contributed by atoms with Crippen molar-refractivity contribution in [2.75, 3.05) is 11.6 Å². The lowest BCUT2D eigenvalue weighted by Gasteiger charge is -2.15. The maximum atomic E-state index is 12.0. The number of nitrogens with two attached hydrogens (primary N) is 1. The monoisotopic (exact) mass is 319 g/mol. The van der Waals surface area contributed by atoms with Gasteiger partial charge in [-0.1, -0.05) is 30.0 Å². The number of hydrogen-bond acceptors (Lipinski definition) is 5. The normalized spacial score (nSPS) is 12.2. The van der Waals surface area contributed by atoms with Crippen molar-refractivity contribution in [2.24, 2.45) is 0 Å². The Morgan fingerprint density at radius 2 is 2.05 bits per heavy atom. The van der Waals surface area contributed by atoms with E-state index in [0.29, 0.717) is 11.0 Å². The second-order valence-electron chi connectivity index (χ2n) is 5.32. The van der Waals surface area contributed by atoms with Gasteiger partial charge in [-0.05, 0) is 44.4 Å². The quantitative estimate of drug-likeness (QED) is 0.649. The number of nitrogens with one attached hydrogen (secondary N) is 1. The van der Waals surface area contributed by atoms with Crippen molar-refractivity contribution < 1.29 is 4.79 Å². The van der Waals surface area contributed by atoms with E-state index in [-0.39, 0.29) is 17.7 Å². The van der Waals surface area contributed by atoms with Crippen LogP contribution in [0.15, 0.2) is 23.4 Å². The number of nitrogen functional groups attached to an aromatic ring is 1. The minimum atomic E-state index is -0.0589. The molecule has 1 aromatic carbocycles. The fourth-order valence-corrected chi connectivity index (χ4v) is 2.69. The standard InChI is InChI=1S/C15H21N5OS/c1-9-5-6-13(7-10(9)2)11(3)17-14(21)8-22-15-19-18-12(4)20(15)16/h5-7,11H,8,16H2,1-4H3,(H,17,21)/t11-/m1/s1. The lowest BCUT2D eigenvalue weighted by atomic mass is 10.0. The average molecular weight is 319 g/mol. The molecule has 2 rings (SSSR count). The van der Waals surface area contributed by atoms with E-state index in [9.17, 15) is 4.79 Å². The molecule has 7 heteroatoms. The molecule has 1 atom stereocenters. The van der Waals surface area contributed by atoms with E-state index in [1.165, 1.54) is 27.6 Å². The van der Waals surface area contributed by atoms with Gasteiger partial charge in [0.15, 0.2) is 0 Å². The van der Waals surface area contributed by atoms with Crippen molar-refractivity contribution in [3.8, 4) is 0 Å². The Kier molecular flexibility index (Phi) is 5.07. The van der Waals surface area contributed by atoms with Gasteiger partial charge in [0.1, 0.15) is 5.82 Å². The zero-order valence-electron chi connectivity index (χ0n) is 13.3. The highest BCUT2D eigenvalue weighted by molar-refractivity contribution is 7.99. The van der Waals surface area contributed by atoms with E-state index >= 15 is 0 Å². The molecule has 1 heterocycles. The molecule has 0 aliphatic carbocycles. The zero-order valence-corrected chi connectivity index (χ0v) is 14.1. The average Bonchev–Trinajstić information content (AvgIpc) is 2.79. The van der Waals surface area contributed by atoms with Crippen LogP contribution in [-0.2, 0) is 4.79 Å². The summed E-state index contributed by atoms with van der Waals surface area (Å²) >= 11 is 1.27. The molecule has 0 bridgehead atoms. The number of carbonyl (C=O) groups excluding carboxylic acids is 1. The van der Waals surface area contributed by atoms with Crippen LogP contribution >= 0.6 is 11.8 Å². The lowest BCUT2D eigenvalue weighted by molar-refractivity contribution is -0.119. The van der Waals surface area contributed by atoms with Crippen molar-refractivity contribution in [2.45, 2.75) is 38.9 Å². The molecule has 0 unspecified atom stereocenters. The van der Waals surface area contributed by atoms with Crippen molar-refractivity contribution in [3.63, 3.8) is 0 Å². The van der Waals surface area contributed by atoms with E-state index in [4.69, 9.17) is 5.84 Å². The Bertz CT molecular complexity index is 683. The third-order valence-corrected chi connectivity index (χ3v) is 4.52. The first-order valence-electron chi connectivity index (χ1n) is 7.05. The summed E-state index contributed by atoms with van der Waals surface area (Å²) in [5, 5.41) is 11.3. The van der Waals surface area contributed by atoms with Crippen molar-refractivity contribution >= 4 is 17.7 Å². The molecule has 0 saturated carbocycles. The fourth-order valence-electron chi connectivity index (χ4n) is 1.98. The van der Waals surface area contributed by atoms with E-state index in [0.717, 1.165) is 5.56 Å². The highest BCUT2D eigenvalue weighted by Gasteiger charge is 2.13. The van der Waals surface area contributed by atoms with Crippen LogP contribution in [0.4, 0.5) is 0 Å². The molecule has 0 aliphatic heterocycles. The number of carbonyl (C=O) groups is 1. The minimum absolute atomic E-state index is 0.0371. The van der Waals surface area contributed by atoms with E-state index in [2.05, 4.69) is 41.5 Å². The first-order valence-corrected chi connectivity index (χ1v) is 8.03. The van der Waals surface area contributed by atoms with Crippen LogP contribution in [0.3, 0.4) is 0 Å². The van der Waals surface area contributed by atoms with Gasteiger partial charge in [0.2, 0.25) is 11.1 Å². The molecule has 3 N–H and O–H groups in total. The molecule has 0 saturated heterocycles. The molecule has 6 nitrogen and oxygen atoms in total. The first kappa shape index (κ1) is 16.4. The van der Waals surface area contributed by atoms with Gasteiger partial charge in [-0.15, -0.1) is 10.2 Å². The maximum absolute atomic E-state index is 12.0. The van der Waals surface area contributed by atoms with Crippen LogP contribution in [0.1, 0.15) is 35.5 Å². The van der Waals surface area contributed by atoms with Gasteiger partial charge in [-0.2, -0.15) is 0 Å². The summed E-state index contributed by atoms with van der Waals surface area (Å²) < 4.78 is 1.38. The predicted octanol–water partition coefficient (Wildman–Crippen LogP) is 1.89. The molecule has 0 radical (unpaired) electrons. The molecule has 1 aromatic heterocycles. The third-order valence-electron chi connectivity index (χ3n) is 3.58. The summed E-state index contributed by atoms with van der Waals surface area (Å²) in [6, 6.07) is 6.18. The van der Waals surface area contributed by atoms with Crippen molar-refractivity contribution in [1.29, 1.82) is 0 Å². The van der Waals surface area contributed by atoms with Gasteiger partial charge < -0.3 is 11.2 Å². The Morgan fingerprint density at radius 1 is 1.32 bits per heavy atom. The zero-order chi connectivity index (χ0) is 16.3. The second kappa shape index (κ2) is 6.83. The number of nitrogens with zero attached hydrogens (tertiary/aromatic N) is 3. The van der Waals surface area contributed by atoms with Crippen molar-refractivity contribution in [1.82, 2.24) is 20.2 Å². The molecular formula is C15H21N5OS. The molecule has 2 aromatic rings. The number of benzene rings is 1. The molecule has 0 fully saturated rings. The number of aryl methyl sites for hydroxylation is 3. The molecule has 1 amide bonds. The topological polar surface area (TPSA) is 85.8 Å². The Labute approximate surface area is 134 Å². The summed E-state index contributed by atoms with van der Waals surface area (Å²) in [7, 11) is 0. The summed E-state index contributed by atoms with van der Waals surface area (Å²) in [5.74, 6) is 6.56. The third kappa shape index (κ3) is 3.79. The first-order chi connectivity index (χ1) is 10.4. The van der Waals surface area contributed by atoms with Gasteiger partial charge in [0, 0.05) is 0 Å². The van der Waals surface area contributed by atoms with E-state index in [1.807, 2.05) is 13.0 Å². The van der Waals surface area contributed by atoms with Crippen molar-refractivity contribution in [3.05, 3.63) is 40.7 Å². The summed E-state index contributed by atoms with van der Waals surface area (Å²) in [5.41, 5.74) is 3.56. The van der Waals surface area contributed by atoms with Gasteiger partial charge in [0.05, 0.1) is 11.8 Å². The van der Waals surface area contributed by atoms with Crippen LogP contribution < -0.4 is 11.2 Å². The maximum Gasteiger partial charge on any atom is 0.230 e. The Hall–Kier alpha value is -2.02. The summed E-state index contributed by atoms with van der Waals surface area (Å²) in [4.78, 5) is 12.0. The second-order valence-corrected chi connectivity index (χ2v) is 6.26. The summed E-state index contributed by atoms with van der Waals surface area (Å²) in [6.45, 7) is 7.88. The Balaban J connectivity index is 1.91. The fraction of sp³-hybridized carbons (Fsp3) is 0.400. The van der Waals surface area contributed by atoms with Crippen LogP contribution in [0, 0.1) is 20.8 Å². The van der Waals surface area contributed by atoms with Gasteiger partial charge >= 0.3 is 0 Å². The number of thioether (sulfide) groups is 1. The number of aromatic nitrogens is 3. The highest BCUT2D eigenvalue weighted by atomic mass is 32.2. The molecule has 118 valence electrons. The largest absolute Gasteiger partial charge is 0.349 e. The number of hydrogen-bond donors (Lipinski definition) is 2. The molecule has 0 aliphatic rings. The highest BCUT2D eigenvalue weighted by Crippen LogP contribution is 2.18. The van der Waals surface area contributed by atoms with Crippen LogP contribution in [-0.4, -0.2) is 26.5 Å². The molecule has 22 heavy (non-hydrogen) atoms. The lowest BCUT2D eigenvalue weighted by Crippen LogP contribution is -2.28. The Morgan fingerprint density at radius 3 is 2.64 bits per heavy atom. The van der Waals surface area contributed by atoms with Crippen LogP contribution in [0.25, 0.3) is 0 Å². The van der Waals surface area contributed by atoms with E-state index in [1.54, 1.807) is 6.92 Å². The van der Waals surface area contributed by atoms with Gasteiger partial charge in [0.25, 0.3) is 0 Å². The molecule has 0 spiro atoms. The minimum Gasteiger partial charge on any atom is -0.349 e. The van der Waals surface area contributed by atoms with Crippen LogP contribution in [0.2, 0.25) is 0 Å². The van der Waals surface area contributed by atoms with Gasteiger partial charge in [-0.25, -0.2) is 4.68 Å².